The fraction of sp³-hybridized carbons (Fsp3) is 0.500. The van der Waals surface area contributed by atoms with Crippen LogP contribution < -0.4 is 10.6 Å². The molecule has 1 amide bonds. The first-order chi connectivity index (χ1) is 8.59. The maximum atomic E-state index is 12.4. The number of carbonyl (C=O) groups excluding carboxylic acids is 1. The van der Waals surface area contributed by atoms with Gasteiger partial charge in [-0.15, -0.1) is 0 Å². The predicted octanol–water partition coefficient (Wildman–Crippen LogP) is 2.98. The molecule has 1 aliphatic carbocycles. The number of rotatable bonds is 4. The minimum atomic E-state index is -0.233. The Hall–Kier alpha value is -1.06. The Morgan fingerprint density at radius 3 is 2.72 bits per heavy atom. The highest BCUT2D eigenvalue weighted by Gasteiger charge is 2.43. The summed E-state index contributed by atoms with van der Waals surface area (Å²) in [6, 6.07) is 5.58. The Labute approximate surface area is 113 Å². The zero-order chi connectivity index (χ0) is 13.2. The lowest BCUT2D eigenvalue weighted by atomic mass is 9.68. The van der Waals surface area contributed by atoms with E-state index in [2.05, 4.69) is 10.6 Å². The molecular formula is C14H19ClN2O. The minimum Gasteiger partial charge on any atom is -0.325 e. The Kier molecular flexibility index (Phi) is 3.93. The van der Waals surface area contributed by atoms with E-state index < -0.39 is 0 Å². The van der Waals surface area contributed by atoms with Gasteiger partial charge in [0.25, 0.3) is 0 Å². The average molecular weight is 267 g/mol. The molecule has 1 saturated carbocycles. The Morgan fingerprint density at radius 1 is 1.44 bits per heavy atom. The van der Waals surface area contributed by atoms with Crippen LogP contribution >= 0.6 is 11.6 Å². The largest absolute Gasteiger partial charge is 0.325 e. The number of halogens is 1. The van der Waals surface area contributed by atoms with E-state index in [0.29, 0.717) is 5.02 Å². The molecule has 0 unspecified atom stereocenters. The summed E-state index contributed by atoms with van der Waals surface area (Å²) in [7, 11) is 1.89. The normalized spacial score (nSPS) is 17.1. The summed E-state index contributed by atoms with van der Waals surface area (Å²) in [6.45, 7) is 2.65. The highest BCUT2D eigenvalue weighted by Crippen LogP contribution is 2.41. The molecule has 4 heteroatoms. The average Bonchev–Trinajstić information content (AvgIpc) is 2.29. The van der Waals surface area contributed by atoms with Crippen molar-refractivity contribution in [3.8, 4) is 0 Å². The molecule has 0 spiro atoms. The monoisotopic (exact) mass is 266 g/mol. The molecule has 0 aliphatic heterocycles. The second kappa shape index (κ2) is 5.29. The number of hydrogen-bond donors (Lipinski definition) is 2. The molecular weight excluding hydrogens is 248 g/mol. The number of carbonyl (C=O) groups is 1. The van der Waals surface area contributed by atoms with E-state index in [1.54, 1.807) is 0 Å². The first-order valence-corrected chi connectivity index (χ1v) is 6.68. The third-order valence-corrected chi connectivity index (χ3v) is 4.23. The molecule has 18 heavy (non-hydrogen) atoms. The van der Waals surface area contributed by atoms with E-state index in [1.165, 1.54) is 0 Å². The number of hydrogen-bond acceptors (Lipinski definition) is 2. The molecule has 0 radical (unpaired) electrons. The van der Waals surface area contributed by atoms with Gasteiger partial charge in [-0.25, -0.2) is 0 Å². The number of benzene rings is 1. The van der Waals surface area contributed by atoms with Gasteiger partial charge in [0.1, 0.15) is 0 Å². The van der Waals surface area contributed by atoms with Crippen molar-refractivity contribution in [2.45, 2.75) is 26.2 Å². The van der Waals surface area contributed by atoms with E-state index in [0.717, 1.165) is 37.1 Å². The Morgan fingerprint density at radius 2 is 2.17 bits per heavy atom. The van der Waals surface area contributed by atoms with E-state index >= 15 is 0 Å². The molecule has 1 fully saturated rings. The van der Waals surface area contributed by atoms with Crippen molar-refractivity contribution in [3.05, 3.63) is 28.8 Å². The first kappa shape index (κ1) is 13.4. The van der Waals surface area contributed by atoms with Crippen molar-refractivity contribution in [1.82, 2.24) is 5.32 Å². The van der Waals surface area contributed by atoms with E-state index in [9.17, 15) is 4.79 Å². The van der Waals surface area contributed by atoms with Crippen LogP contribution in [0.5, 0.6) is 0 Å². The fourth-order valence-corrected chi connectivity index (χ4v) is 2.60. The molecule has 1 aliphatic rings. The smallest absolute Gasteiger partial charge is 0.231 e. The summed E-state index contributed by atoms with van der Waals surface area (Å²) in [6.07, 6.45) is 3.04. The molecule has 0 heterocycles. The second-order valence-electron chi connectivity index (χ2n) is 5.03. The molecule has 2 N–H and O–H groups in total. The first-order valence-electron chi connectivity index (χ1n) is 6.30. The van der Waals surface area contributed by atoms with Crippen LogP contribution in [0.25, 0.3) is 0 Å². The third-order valence-electron chi connectivity index (χ3n) is 3.82. The van der Waals surface area contributed by atoms with Crippen LogP contribution in [0.2, 0.25) is 5.02 Å². The molecule has 2 rings (SSSR count). The van der Waals surface area contributed by atoms with Crippen molar-refractivity contribution in [2.75, 3.05) is 18.9 Å². The van der Waals surface area contributed by atoms with Crippen LogP contribution in [0, 0.1) is 12.3 Å². The van der Waals surface area contributed by atoms with Crippen molar-refractivity contribution in [3.63, 3.8) is 0 Å². The summed E-state index contributed by atoms with van der Waals surface area (Å²) < 4.78 is 0. The zero-order valence-electron chi connectivity index (χ0n) is 10.8. The fourth-order valence-electron chi connectivity index (χ4n) is 2.42. The number of nitrogens with one attached hydrogen (secondary N) is 2. The topological polar surface area (TPSA) is 41.1 Å². The van der Waals surface area contributed by atoms with Gasteiger partial charge in [0.05, 0.1) is 5.41 Å². The number of anilines is 1. The molecule has 0 bridgehead atoms. The highest BCUT2D eigenvalue weighted by atomic mass is 35.5. The zero-order valence-corrected chi connectivity index (χ0v) is 11.6. The van der Waals surface area contributed by atoms with Gasteiger partial charge in [-0.3, -0.25) is 4.79 Å². The summed E-state index contributed by atoms with van der Waals surface area (Å²) in [5, 5.41) is 6.82. The van der Waals surface area contributed by atoms with Gasteiger partial charge in [0, 0.05) is 17.3 Å². The van der Waals surface area contributed by atoms with Crippen LogP contribution in [-0.4, -0.2) is 19.5 Å². The second-order valence-corrected chi connectivity index (χ2v) is 5.44. The van der Waals surface area contributed by atoms with Crippen LogP contribution in [0.15, 0.2) is 18.2 Å². The van der Waals surface area contributed by atoms with Gasteiger partial charge in [0.15, 0.2) is 0 Å². The van der Waals surface area contributed by atoms with E-state index in [-0.39, 0.29) is 11.3 Å². The third kappa shape index (κ3) is 2.38. The summed E-state index contributed by atoms with van der Waals surface area (Å²) in [5.74, 6) is 0.105. The summed E-state index contributed by atoms with van der Waals surface area (Å²) in [5.41, 5.74) is 1.50. The van der Waals surface area contributed by atoms with Gasteiger partial charge in [-0.05, 0) is 44.5 Å². The molecule has 0 saturated heterocycles. The summed E-state index contributed by atoms with van der Waals surface area (Å²) in [4.78, 5) is 12.4. The standard InChI is InChI=1S/C14H19ClN2O/c1-10-11(15)5-3-6-12(10)17-13(18)14(9-16-2)7-4-8-14/h3,5-6,16H,4,7-9H2,1-2H3,(H,17,18). The number of amides is 1. The van der Waals surface area contributed by atoms with Crippen molar-refractivity contribution >= 4 is 23.2 Å². The minimum absolute atomic E-state index is 0.105. The van der Waals surface area contributed by atoms with Gasteiger partial charge < -0.3 is 10.6 Å². The lowest BCUT2D eigenvalue weighted by Gasteiger charge is -2.40. The predicted molar refractivity (Wildman–Crippen MR) is 75.0 cm³/mol. The maximum Gasteiger partial charge on any atom is 0.231 e. The molecule has 3 nitrogen and oxygen atoms in total. The maximum absolute atomic E-state index is 12.4. The SMILES string of the molecule is CNCC1(C(=O)Nc2cccc(Cl)c2C)CCC1. The van der Waals surface area contributed by atoms with Gasteiger partial charge in [0.2, 0.25) is 5.91 Å². The van der Waals surface area contributed by atoms with Crippen LogP contribution in [-0.2, 0) is 4.79 Å². The molecule has 1 aromatic carbocycles. The van der Waals surface area contributed by atoms with Crippen LogP contribution in [0.1, 0.15) is 24.8 Å². The van der Waals surface area contributed by atoms with E-state index in [1.807, 2.05) is 32.2 Å². The lowest BCUT2D eigenvalue weighted by Crippen LogP contribution is -2.48. The molecule has 0 atom stereocenters. The molecule has 98 valence electrons. The molecule has 1 aromatic rings. The van der Waals surface area contributed by atoms with Crippen LogP contribution in [0.4, 0.5) is 5.69 Å². The Bertz CT molecular complexity index is 455. The molecule has 0 aromatic heterocycles. The van der Waals surface area contributed by atoms with Crippen molar-refractivity contribution in [2.24, 2.45) is 5.41 Å². The van der Waals surface area contributed by atoms with Gasteiger partial charge >= 0.3 is 0 Å². The lowest BCUT2D eigenvalue weighted by molar-refractivity contribution is -0.129. The highest BCUT2D eigenvalue weighted by molar-refractivity contribution is 6.31. The quantitative estimate of drug-likeness (QED) is 0.880. The van der Waals surface area contributed by atoms with E-state index in [4.69, 9.17) is 11.6 Å². The van der Waals surface area contributed by atoms with Crippen LogP contribution in [0.3, 0.4) is 0 Å². The van der Waals surface area contributed by atoms with Gasteiger partial charge in [-0.1, -0.05) is 24.1 Å². The van der Waals surface area contributed by atoms with Crippen molar-refractivity contribution < 1.29 is 4.79 Å². The summed E-state index contributed by atoms with van der Waals surface area (Å²) >= 11 is 6.06. The Balaban J connectivity index is 2.13. The van der Waals surface area contributed by atoms with Crippen molar-refractivity contribution in [1.29, 1.82) is 0 Å². The van der Waals surface area contributed by atoms with Gasteiger partial charge in [-0.2, -0.15) is 0 Å².